The Morgan fingerprint density at radius 1 is 1.35 bits per heavy atom. The van der Waals surface area contributed by atoms with Gasteiger partial charge in [-0.05, 0) is 37.5 Å². The summed E-state index contributed by atoms with van der Waals surface area (Å²) < 4.78 is 0. The zero-order valence-corrected chi connectivity index (χ0v) is 11.9. The van der Waals surface area contributed by atoms with Gasteiger partial charge in [-0.2, -0.15) is 0 Å². The van der Waals surface area contributed by atoms with E-state index in [9.17, 15) is 0 Å². The summed E-state index contributed by atoms with van der Waals surface area (Å²) in [6.07, 6.45) is 3.26. The standard InChI is InChI=1S/C16H22N4/c1-11-3-2-4-13(9-11)20-16(19-12-5-6-12)14-10-18-8-7-15(14)17/h2-4,9,12,17-20H,5-8,10H2,1H3/b16-14+,17-15?. The largest absolute Gasteiger partial charge is 0.369 e. The van der Waals surface area contributed by atoms with Crippen molar-refractivity contribution in [2.75, 3.05) is 18.4 Å². The van der Waals surface area contributed by atoms with Crippen molar-refractivity contribution >= 4 is 11.4 Å². The average molecular weight is 270 g/mol. The normalized spacial score (nSPS) is 21.6. The first-order chi connectivity index (χ1) is 9.72. The Kier molecular flexibility index (Phi) is 3.74. The summed E-state index contributed by atoms with van der Waals surface area (Å²) in [5, 5.41) is 18.6. The number of benzene rings is 1. The Hall–Kier alpha value is -1.81. The number of aryl methyl sites for hydroxylation is 1. The lowest BCUT2D eigenvalue weighted by molar-refractivity contribution is 0.707. The maximum atomic E-state index is 8.17. The van der Waals surface area contributed by atoms with Gasteiger partial charge in [0.15, 0.2) is 0 Å². The predicted molar refractivity (Wildman–Crippen MR) is 83.2 cm³/mol. The summed E-state index contributed by atoms with van der Waals surface area (Å²) in [6.45, 7) is 3.77. The molecule has 2 fully saturated rings. The fourth-order valence-electron chi connectivity index (χ4n) is 2.42. The van der Waals surface area contributed by atoms with E-state index in [4.69, 9.17) is 5.41 Å². The highest BCUT2D eigenvalue weighted by Gasteiger charge is 2.25. The molecule has 0 unspecified atom stereocenters. The minimum atomic E-state index is 0.574. The average Bonchev–Trinajstić information content (AvgIpc) is 3.23. The topological polar surface area (TPSA) is 59.9 Å². The minimum absolute atomic E-state index is 0.574. The molecular formula is C16H22N4. The van der Waals surface area contributed by atoms with Crippen LogP contribution in [-0.4, -0.2) is 24.8 Å². The van der Waals surface area contributed by atoms with Gasteiger partial charge in [-0.25, -0.2) is 0 Å². The van der Waals surface area contributed by atoms with Crippen LogP contribution in [0.2, 0.25) is 0 Å². The molecule has 0 bridgehead atoms. The molecule has 3 rings (SSSR count). The zero-order chi connectivity index (χ0) is 13.9. The zero-order valence-electron chi connectivity index (χ0n) is 11.9. The summed E-state index contributed by atoms with van der Waals surface area (Å²) >= 11 is 0. The lowest BCUT2D eigenvalue weighted by Crippen LogP contribution is -2.35. The molecule has 20 heavy (non-hydrogen) atoms. The summed E-state index contributed by atoms with van der Waals surface area (Å²) in [5.41, 5.74) is 4.14. The quantitative estimate of drug-likeness (QED) is 0.679. The van der Waals surface area contributed by atoms with E-state index >= 15 is 0 Å². The third-order valence-corrected chi connectivity index (χ3v) is 3.73. The maximum Gasteiger partial charge on any atom is 0.110 e. The first-order valence-corrected chi connectivity index (χ1v) is 7.34. The number of hydrogen-bond acceptors (Lipinski definition) is 4. The van der Waals surface area contributed by atoms with Crippen LogP contribution >= 0.6 is 0 Å². The molecule has 0 aromatic heterocycles. The van der Waals surface area contributed by atoms with Crippen LogP contribution in [0.25, 0.3) is 0 Å². The number of rotatable bonds is 4. The molecule has 4 heteroatoms. The Morgan fingerprint density at radius 2 is 2.20 bits per heavy atom. The van der Waals surface area contributed by atoms with E-state index in [-0.39, 0.29) is 0 Å². The van der Waals surface area contributed by atoms with Crippen molar-refractivity contribution in [2.24, 2.45) is 0 Å². The number of piperidine rings is 1. The highest BCUT2D eigenvalue weighted by Crippen LogP contribution is 2.23. The van der Waals surface area contributed by atoms with Gasteiger partial charge in [0.2, 0.25) is 0 Å². The molecule has 0 radical (unpaired) electrons. The molecule has 106 valence electrons. The summed E-state index contributed by atoms with van der Waals surface area (Å²) in [6, 6.07) is 8.93. The smallest absolute Gasteiger partial charge is 0.110 e. The van der Waals surface area contributed by atoms with Crippen LogP contribution in [0.1, 0.15) is 24.8 Å². The number of hydrogen-bond donors (Lipinski definition) is 4. The summed E-state index contributed by atoms with van der Waals surface area (Å²) in [7, 11) is 0. The van der Waals surface area contributed by atoms with E-state index in [0.717, 1.165) is 42.3 Å². The first-order valence-electron chi connectivity index (χ1n) is 7.34. The Balaban J connectivity index is 1.85. The molecule has 4 N–H and O–H groups in total. The van der Waals surface area contributed by atoms with E-state index < -0.39 is 0 Å². The fraction of sp³-hybridized carbons (Fsp3) is 0.438. The van der Waals surface area contributed by atoms with Crippen LogP contribution in [0, 0.1) is 12.3 Å². The van der Waals surface area contributed by atoms with E-state index in [0.29, 0.717) is 6.04 Å². The van der Waals surface area contributed by atoms with Crippen LogP contribution in [0.15, 0.2) is 35.7 Å². The summed E-state index contributed by atoms with van der Waals surface area (Å²) in [5.74, 6) is 1.01. The molecule has 1 saturated heterocycles. The second-order valence-electron chi connectivity index (χ2n) is 5.67. The first kappa shape index (κ1) is 13.2. The minimum Gasteiger partial charge on any atom is -0.369 e. The molecule has 4 nitrogen and oxygen atoms in total. The third-order valence-electron chi connectivity index (χ3n) is 3.73. The van der Waals surface area contributed by atoms with Crippen LogP contribution in [0.3, 0.4) is 0 Å². The van der Waals surface area contributed by atoms with Gasteiger partial charge in [-0.15, -0.1) is 0 Å². The molecule has 1 aromatic carbocycles. The molecule has 1 saturated carbocycles. The second kappa shape index (κ2) is 5.67. The highest BCUT2D eigenvalue weighted by atomic mass is 15.1. The van der Waals surface area contributed by atoms with E-state index in [1.807, 2.05) is 0 Å². The molecular weight excluding hydrogens is 248 g/mol. The molecule has 1 aliphatic heterocycles. The molecule has 0 amide bonds. The van der Waals surface area contributed by atoms with Gasteiger partial charge in [0.25, 0.3) is 0 Å². The van der Waals surface area contributed by atoms with Crippen molar-refractivity contribution < 1.29 is 0 Å². The van der Waals surface area contributed by atoms with Crippen molar-refractivity contribution in [1.29, 1.82) is 5.41 Å². The lowest BCUT2D eigenvalue weighted by atomic mass is 10.0. The second-order valence-corrected chi connectivity index (χ2v) is 5.67. The van der Waals surface area contributed by atoms with Crippen LogP contribution in [0.4, 0.5) is 5.69 Å². The maximum absolute atomic E-state index is 8.17. The Labute approximate surface area is 120 Å². The van der Waals surface area contributed by atoms with Gasteiger partial charge >= 0.3 is 0 Å². The van der Waals surface area contributed by atoms with Gasteiger partial charge in [0.05, 0.1) is 0 Å². The molecule has 2 aliphatic rings. The van der Waals surface area contributed by atoms with Gasteiger partial charge in [-0.1, -0.05) is 12.1 Å². The van der Waals surface area contributed by atoms with Crippen LogP contribution in [0.5, 0.6) is 0 Å². The van der Waals surface area contributed by atoms with E-state index in [1.54, 1.807) is 0 Å². The van der Waals surface area contributed by atoms with Crippen molar-refractivity contribution in [1.82, 2.24) is 10.6 Å². The number of nitrogens with one attached hydrogen (secondary N) is 4. The molecule has 1 heterocycles. The molecule has 1 aromatic rings. The van der Waals surface area contributed by atoms with Crippen molar-refractivity contribution in [2.45, 2.75) is 32.2 Å². The van der Waals surface area contributed by atoms with Gasteiger partial charge < -0.3 is 21.4 Å². The number of anilines is 1. The fourth-order valence-corrected chi connectivity index (χ4v) is 2.42. The molecule has 1 aliphatic carbocycles. The molecule has 0 atom stereocenters. The van der Waals surface area contributed by atoms with Crippen molar-refractivity contribution in [3.05, 3.63) is 41.2 Å². The molecule has 0 spiro atoms. The van der Waals surface area contributed by atoms with Crippen LogP contribution < -0.4 is 16.0 Å². The van der Waals surface area contributed by atoms with Crippen molar-refractivity contribution in [3.63, 3.8) is 0 Å². The Bertz CT molecular complexity index is 543. The highest BCUT2D eigenvalue weighted by molar-refractivity contribution is 6.00. The SMILES string of the molecule is Cc1cccc(N/C(NC2CC2)=C2\CNCCC2=N)c1. The monoisotopic (exact) mass is 270 g/mol. The predicted octanol–water partition coefficient (Wildman–Crippen LogP) is 2.38. The Morgan fingerprint density at radius 3 is 2.90 bits per heavy atom. The lowest BCUT2D eigenvalue weighted by Gasteiger charge is -2.23. The van der Waals surface area contributed by atoms with E-state index in [1.165, 1.54) is 18.4 Å². The summed E-state index contributed by atoms with van der Waals surface area (Å²) in [4.78, 5) is 0. The van der Waals surface area contributed by atoms with Crippen molar-refractivity contribution in [3.8, 4) is 0 Å². The van der Waals surface area contributed by atoms with Gasteiger partial charge in [0, 0.05) is 42.5 Å². The third kappa shape index (κ3) is 3.20. The van der Waals surface area contributed by atoms with Crippen LogP contribution in [-0.2, 0) is 0 Å². The van der Waals surface area contributed by atoms with Gasteiger partial charge in [0.1, 0.15) is 5.82 Å². The van der Waals surface area contributed by atoms with Gasteiger partial charge in [-0.3, -0.25) is 0 Å². The van der Waals surface area contributed by atoms with E-state index in [2.05, 4.69) is 47.1 Å².